The fourth-order valence-electron chi connectivity index (χ4n) is 3.88. The predicted octanol–water partition coefficient (Wildman–Crippen LogP) is 3.14. The average Bonchev–Trinajstić information content (AvgIpc) is 3.28. The van der Waals surface area contributed by atoms with E-state index in [-0.39, 0.29) is 24.0 Å². The van der Waals surface area contributed by atoms with Gasteiger partial charge in [-0.05, 0) is 79.7 Å². The molecule has 10 heteroatoms. The smallest absolute Gasteiger partial charge is 0.234 e. The van der Waals surface area contributed by atoms with E-state index in [1.807, 2.05) is 23.0 Å². The van der Waals surface area contributed by atoms with E-state index in [2.05, 4.69) is 34.7 Å². The Morgan fingerprint density at radius 2 is 2.06 bits per heavy atom. The molecular formula is C23H34INO6S2. The van der Waals surface area contributed by atoms with E-state index < -0.39 is 34.2 Å². The number of unbranched alkanes of at least 4 members (excludes halogenated alkanes) is 1. The largest absolute Gasteiger partial charge is 0.393 e. The molecule has 0 aromatic carbocycles. The Balaban J connectivity index is 1.76. The van der Waals surface area contributed by atoms with Gasteiger partial charge < -0.3 is 15.3 Å². The number of hydrogen-bond acceptors (Lipinski definition) is 7. The van der Waals surface area contributed by atoms with E-state index in [1.54, 1.807) is 17.4 Å². The summed E-state index contributed by atoms with van der Waals surface area (Å²) in [7, 11) is -3.52. The molecule has 0 bridgehead atoms. The van der Waals surface area contributed by atoms with Crippen LogP contribution in [0, 0.1) is 14.7 Å². The highest BCUT2D eigenvalue weighted by Gasteiger charge is 2.39. The minimum atomic E-state index is -3.52. The van der Waals surface area contributed by atoms with Crippen LogP contribution in [0.3, 0.4) is 0 Å². The van der Waals surface area contributed by atoms with Gasteiger partial charge in [0.1, 0.15) is 0 Å². The average molecular weight is 612 g/mol. The molecule has 33 heavy (non-hydrogen) atoms. The van der Waals surface area contributed by atoms with E-state index in [1.165, 1.54) is 14.7 Å². The Morgan fingerprint density at radius 3 is 2.73 bits per heavy atom. The van der Waals surface area contributed by atoms with Crippen molar-refractivity contribution < 1.29 is 28.5 Å². The second kappa shape index (κ2) is 13.9. The molecule has 186 valence electrons. The van der Waals surface area contributed by atoms with Gasteiger partial charge in [-0.25, -0.2) is 8.42 Å². The maximum atomic E-state index is 11.6. The van der Waals surface area contributed by atoms with Crippen LogP contribution >= 0.6 is 33.9 Å². The second-order valence-electron chi connectivity index (χ2n) is 8.34. The zero-order chi connectivity index (χ0) is 24.4. The van der Waals surface area contributed by atoms with E-state index in [0.717, 1.165) is 6.42 Å². The fraction of sp³-hybridized carbons (Fsp3) is 0.609. The minimum absolute atomic E-state index is 0.127. The molecule has 4 N–H and O–H groups in total. The third-order valence-corrected chi connectivity index (χ3v) is 9.04. The molecule has 1 aromatic heterocycles. The molecule has 7 nitrogen and oxygen atoms in total. The summed E-state index contributed by atoms with van der Waals surface area (Å²) in [5, 5.41) is 31.0. The molecule has 5 atom stereocenters. The summed E-state index contributed by atoms with van der Waals surface area (Å²) in [5.74, 6) is -1.00. The van der Waals surface area contributed by atoms with E-state index in [0.29, 0.717) is 32.1 Å². The monoisotopic (exact) mass is 611 g/mol. The zero-order valence-corrected chi connectivity index (χ0v) is 22.6. The van der Waals surface area contributed by atoms with Crippen LogP contribution in [0.25, 0.3) is 0 Å². The number of thiophene rings is 1. The van der Waals surface area contributed by atoms with E-state index in [4.69, 9.17) is 0 Å². The summed E-state index contributed by atoms with van der Waals surface area (Å²) in [6.45, 7) is 1.47. The van der Waals surface area contributed by atoms with Crippen molar-refractivity contribution in [3.63, 3.8) is 0 Å². The Bertz CT molecular complexity index is 914. The lowest BCUT2D eigenvalue weighted by atomic mass is 9.89. The van der Waals surface area contributed by atoms with Crippen molar-refractivity contribution in [2.24, 2.45) is 11.8 Å². The number of hydrogen-bond donors (Lipinski definition) is 4. The van der Waals surface area contributed by atoms with Crippen LogP contribution in [-0.4, -0.2) is 53.7 Å². The summed E-state index contributed by atoms with van der Waals surface area (Å²) >= 11 is 3.99. The first-order valence-electron chi connectivity index (χ1n) is 11.3. The van der Waals surface area contributed by atoms with Crippen LogP contribution in [0.1, 0.15) is 50.3 Å². The van der Waals surface area contributed by atoms with Crippen LogP contribution in [-0.2, 0) is 21.2 Å². The number of aliphatic hydroxyl groups is 3. The molecule has 0 spiro atoms. The standard InChI is InChI=1S/C23H34INO6S2/c1-2-33(30,31)25-23(29)8-6-4-3-5-7-18-19(21(28)15-20(18)27)13-10-16(26)9-11-17-12-14-22(24)32-17/h3,5,10,12-14,16,18-21,26-28H,2,4,6-9,11,15H2,1H3,(H,25,29)/b5-3+,13-10+/t16-,18+,19+,20-,21+/m0/s1. The summed E-state index contributed by atoms with van der Waals surface area (Å²) < 4.78 is 26.0. The van der Waals surface area contributed by atoms with Gasteiger partial charge in [-0.3, -0.25) is 9.52 Å². The van der Waals surface area contributed by atoms with Crippen molar-refractivity contribution >= 4 is 49.9 Å². The van der Waals surface area contributed by atoms with Crippen molar-refractivity contribution in [1.29, 1.82) is 0 Å². The quantitative estimate of drug-likeness (QED) is 0.155. The summed E-state index contributed by atoms with van der Waals surface area (Å²) in [6, 6.07) is 4.13. The van der Waals surface area contributed by atoms with Gasteiger partial charge in [-0.2, -0.15) is 0 Å². The lowest BCUT2D eigenvalue weighted by molar-refractivity contribution is -0.119. The van der Waals surface area contributed by atoms with Gasteiger partial charge in [0.15, 0.2) is 0 Å². The van der Waals surface area contributed by atoms with Gasteiger partial charge in [-0.15, -0.1) is 11.3 Å². The Morgan fingerprint density at radius 1 is 1.30 bits per heavy atom. The topological polar surface area (TPSA) is 124 Å². The molecule has 1 fully saturated rings. The molecule has 1 aromatic rings. The summed E-state index contributed by atoms with van der Waals surface area (Å²) in [5.41, 5.74) is 0. The van der Waals surface area contributed by atoms with Gasteiger partial charge in [-0.1, -0.05) is 24.3 Å². The van der Waals surface area contributed by atoms with Crippen molar-refractivity contribution in [3.8, 4) is 0 Å². The highest BCUT2D eigenvalue weighted by Crippen LogP contribution is 2.36. The van der Waals surface area contributed by atoms with Crippen LogP contribution < -0.4 is 4.72 Å². The Hall–Kier alpha value is -0.790. The van der Waals surface area contributed by atoms with Gasteiger partial charge in [0.05, 0.1) is 26.9 Å². The number of rotatable bonds is 13. The molecule has 0 radical (unpaired) electrons. The van der Waals surface area contributed by atoms with Crippen LogP contribution in [0.4, 0.5) is 0 Å². The third kappa shape index (κ3) is 10.2. The first kappa shape index (κ1) is 28.4. The van der Waals surface area contributed by atoms with E-state index >= 15 is 0 Å². The highest BCUT2D eigenvalue weighted by molar-refractivity contribution is 14.1. The molecule has 2 rings (SSSR count). The van der Waals surface area contributed by atoms with Gasteiger partial charge in [0.25, 0.3) is 0 Å². The second-order valence-corrected chi connectivity index (χ2v) is 13.4. The molecule has 0 unspecified atom stereocenters. The molecule has 1 amide bonds. The molecular weight excluding hydrogens is 577 g/mol. The van der Waals surface area contributed by atoms with Crippen LogP contribution in [0.15, 0.2) is 36.4 Å². The maximum Gasteiger partial charge on any atom is 0.234 e. The van der Waals surface area contributed by atoms with Gasteiger partial charge >= 0.3 is 0 Å². The number of halogens is 1. The number of aliphatic hydroxyl groups excluding tert-OH is 3. The molecule has 1 saturated carbocycles. The summed E-state index contributed by atoms with van der Waals surface area (Å²) in [4.78, 5) is 12.9. The SMILES string of the molecule is CCS(=O)(=O)NC(=O)CCC/C=C/C[C@@H]1[C@@H](/C=C/[C@@H](O)CCc2ccc(I)s2)[C@H](O)C[C@@H]1O. The number of allylic oxidation sites excluding steroid dienone is 2. The molecule has 0 saturated heterocycles. The first-order chi connectivity index (χ1) is 15.6. The molecule has 1 heterocycles. The highest BCUT2D eigenvalue weighted by atomic mass is 127. The maximum absolute atomic E-state index is 11.6. The lowest BCUT2D eigenvalue weighted by Crippen LogP contribution is -2.31. The Labute approximate surface area is 214 Å². The van der Waals surface area contributed by atoms with Crippen molar-refractivity contribution in [2.45, 2.75) is 70.2 Å². The first-order valence-corrected chi connectivity index (χ1v) is 14.8. The number of sulfonamides is 1. The number of amides is 1. The normalized spacial score (nSPS) is 24.6. The van der Waals surface area contributed by atoms with Crippen molar-refractivity contribution in [2.75, 3.05) is 5.75 Å². The van der Waals surface area contributed by atoms with Crippen LogP contribution in [0.5, 0.6) is 0 Å². The Kier molecular flexibility index (Phi) is 12.0. The number of nitrogens with one attached hydrogen (secondary N) is 1. The number of carbonyl (C=O) groups excluding carboxylic acids is 1. The molecule has 1 aliphatic rings. The predicted molar refractivity (Wildman–Crippen MR) is 139 cm³/mol. The van der Waals surface area contributed by atoms with Crippen molar-refractivity contribution in [3.05, 3.63) is 44.2 Å². The fourth-order valence-corrected chi connectivity index (χ4v) is 6.25. The number of carbonyl (C=O) groups is 1. The molecule has 1 aliphatic carbocycles. The van der Waals surface area contributed by atoms with E-state index in [9.17, 15) is 28.5 Å². The lowest BCUT2D eigenvalue weighted by Gasteiger charge is -2.19. The zero-order valence-electron chi connectivity index (χ0n) is 18.8. The van der Waals surface area contributed by atoms with Gasteiger partial charge in [0, 0.05) is 23.6 Å². The number of aryl methyl sites for hydroxylation is 1. The molecule has 0 aliphatic heterocycles. The minimum Gasteiger partial charge on any atom is -0.393 e. The van der Waals surface area contributed by atoms with Crippen LogP contribution in [0.2, 0.25) is 0 Å². The van der Waals surface area contributed by atoms with Gasteiger partial charge in [0.2, 0.25) is 15.9 Å². The summed E-state index contributed by atoms with van der Waals surface area (Å²) in [6.07, 6.45) is 9.10. The third-order valence-electron chi connectivity index (χ3n) is 5.79. The van der Waals surface area contributed by atoms with Crippen molar-refractivity contribution in [1.82, 2.24) is 4.72 Å².